The second-order valence-corrected chi connectivity index (χ2v) is 4.74. The maximum absolute atomic E-state index is 5.12. The summed E-state index contributed by atoms with van der Waals surface area (Å²) < 4.78 is 7.08. The molecule has 0 aliphatic rings. The largest absolute Gasteiger partial charge is 0.497 e. The van der Waals surface area contributed by atoms with Crippen LogP contribution >= 0.6 is 0 Å². The lowest BCUT2D eigenvalue weighted by Crippen LogP contribution is -1.96. The Morgan fingerprint density at radius 3 is 2.50 bits per heavy atom. The number of ether oxygens (including phenoxy) is 1. The molecule has 0 saturated carbocycles. The Morgan fingerprint density at radius 1 is 1.00 bits per heavy atom. The van der Waals surface area contributed by atoms with Gasteiger partial charge in [-0.1, -0.05) is 30.3 Å². The van der Waals surface area contributed by atoms with Gasteiger partial charge in [-0.05, 0) is 29.8 Å². The van der Waals surface area contributed by atoms with E-state index in [1.807, 2.05) is 53.2 Å². The molecule has 0 unspecified atom stereocenters. The van der Waals surface area contributed by atoms with Crippen molar-refractivity contribution in [2.75, 3.05) is 7.11 Å². The lowest BCUT2D eigenvalue weighted by atomic mass is 10.2. The van der Waals surface area contributed by atoms with Gasteiger partial charge in [0.05, 0.1) is 19.3 Å². The normalized spacial score (nSPS) is 11.0. The summed E-state index contributed by atoms with van der Waals surface area (Å²) in [7, 11) is 1.64. The fraction of sp³-hybridized carbons (Fsp3) is 0.118. The van der Waals surface area contributed by atoms with E-state index in [9.17, 15) is 0 Å². The van der Waals surface area contributed by atoms with Crippen LogP contribution < -0.4 is 4.74 Å². The third kappa shape index (κ3) is 3.38. The molecule has 5 nitrogen and oxygen atoms in total. The molecule has 3 rings (SSSR count). The number of hydrogen-bond donors (Lipinski definition) is 0. The molecule has 0 N–H and O–H groups in total. The van der Waals surface area contributed by atoms with Crippen LogP contribution in [0.5, 0.6) is 5.75 Å². The predicted molar refractivity (Wildman–Crippen MR) is 84.9 cm³/mol. The third-order valence-electron chi connectivity index (χ3n) is 3.22. The van der Waals surface area contributed by atoms with Crippen LogP contribution in [-0.4, -0.2) is 16.7 Å². The molecule has 0 radical (unpaired) electrons. The van der Waals surface area contributed by atoms with E-state index in [2.05, 4.69) is 27.3 Å². The van der Waals surface area contributed by atoms with Gasteiger partial charge in [0.2, 0.25) is 5.95 Å². The van der Waals surface area contributed by atoms with Crippen molar-refractivity contribution in [2.45, 2.75) is 6.54 Å². The highest BCUT2D eigenvalue weighted by Crippen LogP contribution is 2.20. The minimum absolute atomic E-state index is 0.583. The number of azo groups is 1. The molecule has 0 spiro atoms. The molecule has 110 valence electrons. The molecule has 2 aromatic carbocycles. The highest BCUT2D eigenvalue weighted by molar-refractivity contribution is 5.41. The van der Waals surface area contributed by atoms with Crippen molar-refractivity contribution in [1.82, 2.24) is 9.55 Å². The van der Waals surface area contributed by atoms with Gasteiger partial charge in [-0.15, -0.1) is 10.2 Å². The fourth-order valence-corrected chi connectivity index (χ4v) is 2.06. The van der Waals surface area contributed by atoms with E-state index in [1.54, 1.807) is 13.3 Å². The average molecular weight is 292 g/mol. The molecule has 0 bridgehead atoms. The number of aromatic nitrogens is 2. The maximum atomic E-state index is 5.12. The zero-order valence-electron chi connectivity index (χ0n) is 12.3. The zero-order valence-corrected chi connectivity index (χ0v) is 12.3. The van der Waals surface area contributed by atoms with Gasteiger partial charge in [0.25, 0.3) is 0 Å². The van der Waals surface area contributed by atoms with Gasteiger partial charge in [0.15, 0.2) is 0 Å². The van der Waals surface area contributed by atoms with Crippen LogP contribution in [0.4, 0.5) is 11.6 Å². The van der Waals surface area contributed by atoms with Crippen LogP contribution in [0.3, 0.4) is 0 Å². The average Bonchev–Trinajstić information content (AvgIpc) is 3.01. The summed E-state index contributed by atoms with van der Waals surface area (Å²) in [6.07, 6.45) is 3.63. The Morgan fingerprint density at radius 2 is 1.77 bits per heavy atom. The van der Waals surface area contributed by atoms with Crippen LogP contribution in [-0.2, 0) is 6.54 Å². The van der Waals surface area contributed by atoms with Gasteiger partial charge >= 0.3 is 0 Å². The first-order valence-electron chi connectivity index (χ1n) is 6.96. The SMILES string of the molecule is COc1ccc(N=Nc2nccn2Cc2ccccc2)cc1. The van der Waals surface area contributed by atoms with Crippen molar-refractivity contribution in [3.8, 4) is 5.75 Å². The fourth-order valence-electron chi connectivity index (χ4n) is 2.06. The summed E-state index contributed by atoms with van der Waals surface area (Å²) in [4.78, 5) is 4.24. The first-order valence-corrected chi connectivity index (χ1v) is 6.96. The molecule has 0 amide bonds. The molecule has 0 aliphatic carbocycles. The minimum Gasteiger partial charge on any atom is -0.497 e. The molecule has 1 aromatic heterocycles. The molecule has 1 heterocycles. The summed E-state index contributed by atoms with van der Waals surface area (Å²) in [5.41, 5.74) is 1.96. The molecule has 22 heavy (non-hydrogen) atoms. The Hall–Kier alpha value is -2.95. The standard InChI is InChI=1S/C17H16N4O/c1-22-16-9-7-15(8-10-16)19-20-17-18-11-12-21(17)13-14-5-3-2-4-6-14/h2-12H,13H2,1H3. The van der Waals surface area contributed by atoms with Gasteiger partial charge < -0.3 is 9.30 Å². The van der Waals surface area contributed by atoms with Crippen LogP contribution in [0.15, 0.2) is 77.2 Å². The smallest absolute Gasteiger partial charge is 0.249 e. The summed E-state index contributed by atoms with van der Waals surface area (Å²) in [6, 6.07) is 17.6. The molecular formula is C17H16N4O. The topological polar surface area (TPSA) is 51.8 Å². The minimum atomic E-state index is 0.583. The Labute approximate surface area is 128 Å². The van der Waals surface area contributed by atoms with E-state index < -0.39 is 0 Å². The number of imidazole rings is 1. The summed E-state index contributed by atoms with van der Waals surface area (Å²) >= 11 is 0. The number of nitrogens with zero attached hydrogens (tertiary/aromatic N) is 4. The van der Waals surface area contributed by atoms with E-state index in [4.69, 9.17) is 4.74 Å². The van der Waals surface area contributed by atoms with Crippen molar-refractivity contribution >= 4 is 11.6 Å². The quantitative estimate of drug-likeness (QED) is 0.656. The number of rotatable bonds is 5. The molecule has 0 fully saturated rings. The van der Waals surface area contributed by atoms with E-state index in [1.165, 1.54) is 5.56 Å². The third-order valence-corrected chi connectivity index (χ3v) is 3.22. The number of benzene rings is 2. The van der Waals surface area contributed by atoms with E-state index >= 15 is 0 Å². The van der Waals surface area contributed by atoms with Crippen molar-refractivity contribution < 1.29 is 4.74 Å². The Kier molecular flexibility index (Phi) is 4.25. The van der Waals surface area contributed by atoms with E-state index in [0.717, 1.165) is 18.0 Å². The van der Waals surface area contributed by atoms with Crippen LogP contribution in [0.2, 0.25) is 0 Å². The molecule has 0 aliphatic heterocycles. The molecule has 5 heteroatoms. The van der Waals surface area contributed by atoms with Gasteiger partial charge in [-0.25, -0.2) is 4.98 Å². The van der Waals surface area contributed by atoms with Crippen LogP contribution in [0.1, 0.15) is 5.56 Å². The molecule has 3 aromatic rings. The lowest BCUT2D eigenvalue weighted by molar-refractivity contribution is 0.415. The zero-order chi connectivity index (χ0) is 15.2. The highest BCUT2D eigenvalue weighted by atomic mass is 16.5. The first kappa shape index (κ1) is 14.0. The lowest BCUT2D eigenvalue weighted by Gasteiger charge is -2.04. The van der Waals surface area contributed by atoms with Crippen molar-refractivity contribution in [2.24, 2.45) is 10.2 Å². The van der Waals surface area contributed by atoms with E-state index in [0.29, 0.717) is 5.95 Å². The first-order chi connectivity index (χ1) is 10.8. The van der Waals surface area contributed by atoms with E-state index in [-0.39, 0.29) is 0 Å². The summed E-state index contributed by atoms with van der Waals surface area (Å²) in [5, 5.41) is 8.44. The second kappa shape index (κ2) is 6.67. The number of methoxy groups -OCH3 is 1. The van der Waals surface area contributed by atoms with Crippen molar-refractivity contribution in [1.29, 1.82) is 0 Å². The molecular weight excluding hydrogens is 276 g/mol. The van der Waals surface area contributed by atoms with Gasteiger partial charge in [0.1, 0.15) is 5.75 Å². The second-order valence-electron chi connectivity index (χ2n) is 4.74. The Balaban J connectivity index is 1.75. The monoisotopic (exact) mass is 292 g/mol. The molecule has 0 saturated heterocycles. The van der Waals surface area contributed by atoms with Crippen LogP contribution in [0.25, 0.3) is 0 Å². The van der Waals surface area contributed by atoms with Crippen LogP contribution in [0, 0.1) is 0 Å². The summed E-state index contributed by atoms with van der Waals surface area (Å²) in [5.74, 6) is 1.38. The van der Waals surface area contributed by atoms with Crippen molar-refractivity contribution in [3.63, 3.8) is 0 Å². The van der Waals surface area contributed by atoms with Gasteiger partial charge in [0, 0.05) is 12.4 Å². The van der Waals surface area contributed by atoms with Crippen molar-refractivity contribution in [3.05, 3.63) is 72.6 Å². The molecule has 0 atom stereocenters. The maximum Gasteiger partial charge on any atom is 0.249 e. The van der Waals surface area contributed by atoms with Gasteiger partial charge in [-0.3, -0.25) is 0 Å². The predicted octanol–water partition coefficient (Wildman–Crippen LogP) is 4.36. The van der Waals surface area contributed by atoms with Gasteiger partial charge in [-0.2, -0.15) is 0 Å². The number of hydrogen-bond acceptors (Lipinski definition) is 4. The Bertz CT molecular complexity index is 748. The highest BCUT2D eigenvalue weighted by Gasteiger charge is 2.02. The summed E-state index contributed by atoms with van der Waals surface area (Å²) in [6.45, 7) is 0.720.